The zero-order valence-corrected chi connectivity index (χ0v) is 12.4. The van der Waals surface area contributed by atoms with Crippen molar-refractivity contribution in [2.75, 3.05) is 19.6 Å². The predicted octanol–water partition coefficient (Wildman–Crippen LogP) is 2.90. The molecule has 1 aromatic rings. The number of hydrogen-bond donors (Lipinski definition) is 1. The van der Waals surface area contributed by atoms with E-state index in [1.54, 1.807) is 4.90 Å². The van der Waals surface area contributed by atoms with Crippen molar-refractivity contribution in [3.05, 3.63) is 33.8 Å². The third-order valence-electron chi connectivity index (χ3n) is 3.33. The van der Waals surface area contributed by atoms with Gasteiger partial charge in [0.2, 0.25) is 0 Å². The van der Waals surface area contributed by atoms with Crippen LogP contribution in [-0.4, -0.2) is 36.5 Å². The van der Waals surface area contributed by atoms with E-state index < -0.39 is 11.7 Å². The number of hydrogen-bond acceptors (Lipinski definition) is 2. The predicted molar refractivity (Wildman–Crippen MR) is 72.5 cm³/mol. The molecule has 1 N–H and O–H groups in total. The molecule has 0 aromatic heterocycles. The minimum Gasteiger partial charge on any atom is -0.333 e. The van der Waals surface area contributed by atoms with Crippen molar-refractivity contribution in [3.8, 4) is 0 Å². The topological polar surface area (TPSA) is 32.3 Å². The second kappa shape index (κ2) is 5.73. The summed E-state index contributed by atoms with van der Waals surface area (Å²) in [6.07, 6.45) is -4.45. The van der Waals surface area contributed by atoms with Gasteiger partial charge in [0.05, 0.1) is 17.2 Å². The molecule has 7 heteroatoms. The number of likely N-dealkylation sites (N-methyl/N-ethyl adjacent to an activating group) is 1. The highest BCUT2D eigenvalue weighted by atomic mass is 79.9. The van der Waals surface area contributed by atoms with E-state index in [1.165, 1.54) is 6.07 Å². The van der Waals surface area contributed by atoms with Gasteiger partial charge in [-0.3, -0.25) is 4.79 Å². The van der Waals surface area contributed by atoms with Crippen LogP contribution in [0.3, 0.4) is 0 Å². The van der Waals surface area contributed by atoms with E-state index in [4.69, 9.17) is 0 Å². The third-order valence-corrected chi connectivity index (χ3v) is 4.02. The SMILES string of the molecule is CCN(C(=O)c1cc(C(F)(F)F)ccc1Br)C1CNC1. The van der Waals surface area contributed by atoms with Gasteiger partial charge in [0.25, 0.3) is 5.91 Å². The lowest BCUT2D eigenvalue weighted by molar-refractivity contribution is -0.137. The Balaban J connectivity index is 2.32. The van der Waals surface area contributed by atoms with Crippen LogP contribution in [-0.2, 0) is 6.18 Å². The largest absolute Gasteiger partial charge is 0.416 e. The molecular formula is C13H14BrF3N2O. The van der Waals surface area contributed by atoms with Gasteiger partial charge >= 0.3 is 6.18 Å². The maximum atomic E-state index is 12.7. The number of carbonyl (C=O) groups is 1. The van der Waals surface area contributed by atoms with Crippen molar-refractivity contribution >= 4 is 21.8 Å². The van der Waals surface area contributed by atoms with Crippen molar-refractivity contribution in [2.45, 2.75) is 19.1 Å². The lowest BCUT2D eigenvalue weighted by Gasteiger charge is -2.37. The Hall–Kier alpha value is -1.08. The zero-order valence-electron chi connectivity index (χ0n) is 10.8. The van der Waals surface area contributed by atoms with Gasteiger partial charge in [0.15, 0.2) is 0 Å². The highest BCUT2D eigenvalue weighted by Gasteiger charge is 2.33. The summed E-state index contributed by atoms with van der Waals surface area (Å²) >= 11 is 3.15. The maximum Gasteiger partial charge on any atom is 0.416 e. The smallest absolute Gasteiger partial charge is 0.333 e. The summed E-state index contributed by atoms with van der Waals surface area (Å²) in [5, 5.41) is 3.05. The molecule has 0 spiro atoms. The van der Waals surface area contributed by atoms with Gasteiger partial charge in [-0.25, -0.2) is 0 Å². The van der Waals surface area contributed by atoms with Crippen LogP contribution in [0.2, 0.25) is 0 Å². The highest BCUT2D eigenvalue weighted by molar-refractivity contribution is 9.10. The first-order chi connectivity index (χ1) is 9.34. The second-order valence-corrected chi connectivity index (χ2v) is 5.45. The Labute approximate surface area is 123 Å². The number of rotatable bonds is 3. The fourth-order valence-electron chi connectivity index (χ4n) is 2.08. The summed E-state index contributed by atoms with van der Waals surface area (Å²) < 4.78 is 38.6. The molecule has 0 aliphatic carbocycles. The Bertz CT molecular complexity index is 515. The van der Waals surface area contributed by atoms with E-state index in [-0.39, 0.29) is 17.5 Å². The van der Waals surface area contributed by atoms with E-state index >= 15 is 0 Å². The van der Waals surface area contributed by atoms with Crippen LogP contribution in [0.1, 0.15) is 22.8 Å². The van der Waals surface area contributed by atoms with Gasteiger partial charge in [-0.05, 0) is 41.1 Å². The molecule has 1 heterocycles. The molecule has 1 saturated heterocycles. The van der Waals surface area contributed by atoms with Crippen LogP contribution < -0.4 is 5.32 Å². The molecular weight excluding hydrogens is 337 g/mol. The number of halogens is 4. The first-order valence-electron chi connectivity index (χ1n) is 6.23. The van der Waals surface area contributed by atoms with Gasteiger partial charge in [0, 0.05) is 24.1 Å². The standard InChI is InChI=1S/C13H14BrF3N2O/c1-2-19(9-6-18-7-9)12(20)10-5-8(13(15,16)17)3-4-11(10)14/h3-5,9,18H,2,6-7H2,1H3. The summed E-state index contributed by atoms with van der Waals surface area (Å²) in [4.78, 5) is 14.0. The van der Waals surface area contributed by atoms with Crippen molar-refractivity contribution in [1.82, 2.24) is 10.2 Å². The Morgan fingerprint density at radius 1 is 1.45 bits per heavy atom. The molecule has 2 rings (SSSR count). The summed E-state index contributed by atoms with van der Waals surface area (Å²) in [7, 11) is 0. The molecule has 1 aliphatic rings. The molecule has 0 atom stereocenters. The van der Waals surface area contributed by atoms with Crippen LogP contribution in [0.4, 0.5) is 13.2 Å². The monoisotopic (exact) mass is 350 g/mol. The zero-order chi connectivity index (χ0) is 14.9. The summed E-state index contributed by atoms with van der Waals surface area (Å²) in [5.41, 5.74) is -0.764. The fraction of sp³-hybridized carbons (Fsp3) is 0.462. The molecule has 1 amide bonds. The molecule has 3 nitrogen and oxygen atoms in total. The van der Waals surface area contributed by atoms with E-state index in [1.807, 2.05) is 6.92 Å². The number of nitrogens with zero attached hydrogens (tertiary/aromatic N) is 1. The lowest BCUT2D eigenvalue weighted by Crippen LogP contribution is -2.58. The Morgan fingerprint density at radius 2 is 2.10 bits per heavy atom. The minimum atomic E-state index is -4.45. The molecule has 0 radical (unpaired) electrons. The second-order valence-electron chi connectivity index (χ2n) is 4.60. The summed E-state index contributed by atoms with van der Waals surface area (Å²) in [6.45, 7) is 3.64. The van der Waals surface area contributed by atoms with Gasteiger partial charge < -0.3 is 10.2 Å². The van der Waals surface area contributed by atoms with E-state index in [0.717, 1.165) is 12.1 Å². The average molecular weight is 351 g/mol. The normalized spacial score (nSPS) is 15.8. The van der Waals surface area contributed by atoms with E-state index in [9.17, 15) is 18.0 Å². The first-order valence-corrected chi connectivity index (χ1v) is 7.02. The Kier molecular flexibility index (Phi) is 4.39. The molecule has 1 aliphatic heterocycles. The van der Waals surface area contributed by atoms with Crippen LogP contribution in [0.25, 0.3) is 0 Å². The number of nitrogens with one attached hydrogen (secondary N) is 1. The number of amides is 1. The molecule has 110 valence electrons. The molecule has 1 aromatic carbocycles. The molecule has 1 fully saturated rings. The highest BCUT2D eigenvalue weighted by Crippen LogP contribution is 2.32. The summed E-state index contributed by atoms with van der Waals surface area (Å²) in [6, 6.07) is 3.18. The average Bonchev–Trinajstić information content (AvgIpc) is 2.31. The van der Waals surface area contributed by atoms with Gasteiger partial charge in [0.1, 0.15) is 0 Å². The van der Waals surface area contributed by atoms with Gasteiger partial charge in [-0.2, -0.15) is 13.2 Å². The van der Waals surface area contributed by atoms with Crippen molar-refractivity contribution in [1.29, 1.82) is 0 Å². The maximum absolute atomic E-state index is 12.7. The number of benzene rings is 1. The minimum absolute atomic E-state index is 0.0496. The molecule has 0 saturated carbocycles. The van der Waals surface area contributed by atoms with Gasteiger partial charge in [-0.15, -0.1) is 0 Å². The number of carbonyl (C=O) groups excluding carboxylic acids is 1. The fourth-order valence-corrected chi connectivity index (χ4v) is 2.50. The molecule has 0 bridgehead atoms. The third kappa shape index (κ3) is 2.98. The Morgan fingerprint density at radius 3 is 2.55 bits per heavy atom. The van der Waals surface area contributed by atoms with Crippen molar-refractivity contribution in [2.24, 2.45) is 0 Å². The van der Waals surface area contributed by atoms with Crippen LogP contribution in [0.15, 0.2) is 22.7 Å². The van der Waals surface area contributed by atoms with Crippen LogP contribution in [0, 0.1) is 0 Å². The lowest BCUT2D eigenvalue weighted by atomic mass is 10.1. The van der Waals surface area contributed by atoms with E-state index in [2.05, 4.69) is 21.2 Å². The van der Waals surface area contributed by atoms with Crippen LogP contribution >= 0.6 is 15.9 Å². The number of alkyl halides is 3. The quantitative estimate of drug-likeness (QED) is 0.908. The van der Waals surface area contributed by atoms with Crippen LogP contribution in [0.5, 0.6) is 0 Å². The van der Waals surface area contributed by atoms with Crippen molar-refractivity contribution < 1.29 is 18.0 Å². The summed E-state index contributed by atoms with van der Waals surface area (Å²) in [5.74, 6) is -0.378. The van der Waals surface area contributed by atoms with Crippen molar-refractivity contribution in [3.63, 3.8) is 0 Å². The van der Waals surface area contributed by atoms with Gasteiger partial charge in [-0.1, -0.05) is 0 Å². The van der Waals surface area contributed by atoms with E-state index in [0.29, 0.717) is 24.1 Å². The first kappa shape index (κ1) is 15.3. The molecule has 20 heavy (non-hydrogen) atoms. The molecule has 0 unspecified atom stereocenters.